The van der Waals surface area contributed by atoms with E-state index in [9.17, 15) is 0 Å². The molecule has 1 aliphatic rings. The fourth-order valence-corrected chi connectivity index (χ4v) is 3.20. The van der Waals surface area contributed by atoms with Crippen LogP contribution in [0.25, 0.3) is 0 Å². The van der Waals surface area contributed by atoms with Crippen LogP contribution in [-0.2, 0) is 12.8 Å². The van der Waals surface area contributed by atoms with Crippen LogP contribution in [0.1, 0.15) is 17.5 Å². The summed E-state index contributed by atoms with van der Waals surface area (Å²) in [5, 5.41) is 4.68. The van der Waals surface area contributed by atoms with Crippen LogP contribution in [0.15, 0.2) is 35.5 Å². The number of fused-ring (bicyclic) bond motifs is 1. The van der Waals surface area contributed by atoms with E-state index in [1.807, 2.05) is 6.26 Å². The molecule has 0 saturated carbocycles. The van der Waals surface area contributed by atoms with Crippen LogP contribution in [0.2, 0.25) is 5.15 Å². The summed E-state index contributed by atoms with van der Waals surface area (Å²) in [6.45, 7) is 0. The zero-order valence-corrected chi connectivity index (χ0v) is 12.8. The van der Waals surface area contributed by atoms with Gasteiger partial charge in [0.05, 0.1) is 0 Å². The lowest BCUT2D eigenvalue weighted by Gasteiger charge is -2.26. The highest BCUT2D eigenvalue weighted by molar-refractivity contribution is 7.98. The van der Waals surface area contributed by atoms with Gasteiger partial charge in [0.1, 0.15) is 11.0 Å². The minimum absolute atomic E-state index is 0.408. The lowest BCUT2D eigenvalue weighted by atomic mass is 9.88. The summed E-state index contributed by atoms with van der Waals surface area (Å²) in [7, 11) is 0. The molecule has 3 nitrogen and oxygen atoms in total. The SMILES string of the molecule is CSc1nc(Cl)cc(NC2CCc3ccccc3C2)n1. The van der Waals surface area contributed by atoms with Gasteiger partial charge in [-0.15, -0.1) is 0 Å². The van der Waals surface area contributed by atoms with Crippen molar-refractivity contribution < 1.29 is 0 Å². The summed E-state index contributed by atoms with van der Waals surface area (Å²) < 4.78 is 0. The van der Waals surface area contributed by atoms with Gasteiger partial charge in [0, 0.05) is 12.1 Å². The molecule has 1 atom stereocenters. The summed E-state index contributed by atoms with van der Waals surface area (Å²) in [6, 6.07) is 10.9. The number of hydrogen-bond donors (Lipinski definition) is 1. The number of rotatable bonds is 3. The molecule has 0 spiro atoms. The number of nitrogens with zero attached hydrogens (tertiary/aromatic N) is 2. The van der Waals surface area contributed by atoms with Crippen LogP contribution in [0.5, 0.6) is 0 Å². The molecule has 5 heteroatoms. The molecule has 1 aromatic heterocycles. The number of thioether (sulfide) groups is 1. The van der Waals surface area contributed by atoms with E-state index < -0.39 is 0 Å². The maximum atomic E-state index is 6.02. The smallest absolute Gasteiger partial charge is 0.190 e. The minimum Gasteiger partial charge on any atom is -0.367 e. The predicted octanol–water partition coefficient (Wildman–Crippen LogP) is 3.82. The molecule has 1 unspecified atom stereocenters. The van der Waals surface area contributed by atoms with Crippen LogP contribution < -0.4 is 5.32 Å². The van der Waals surface area contributed by atoms with Crippen LogP contribution in [-0.4, -0.2) is 22.3 Å². The zero-order chi connectivity index (χ0) is 13.9. The van der Waals surface area contributed by atoms with E-state index in [1.54, 1.807) is 6.07 Å². The number of nitrogens with one attached hydrogen (secondary N) is 1. The first-order valence-corrected chi connectivity index (χ1v) is 8.27. The van der Waals surface area contributed by atoms with Gasteiger partial charge in [0.15, 0.2) is 5.16 Å². The third kappa shape index (κ3) is 3.07. The van der Waals surface area contributed by atoms with E-state index in [-0.39, 0.29) is 0 Å². The quantitative estimate of drug-likeness (QED) is 0.531. The Hall–Kier alpha value is -1.26. The molecule has 3 rings (SSSR count). The minimum atomic E-state index is 0.408. The molecule has 0 radical (unpaired) electrons. The third-order valence-corrected chi connectivity index (χ3v) is 4.30. The Labute approximate surface area is 128 Å². The second-order valence-electron chi connectivity index (χ2n) is 4.92. The molecule has 0 amide bonds. The van der Waals surface area contributed by atoms with Crippen LogP contribution in [0, 0.1) is 0 Å². The molecular formula is C15H16ClN3S. The van der Waals surface area contributed by atoms with Gasteiger partial charge in [0.2, 0.25) is 0 Å². The van der Waals surface area contributed by atoms with Gasteiger partial charge in [-0.25, -0.2) is 9.97 Å². The molecule has 1 aliphatic carbocycles. The molecule has 1 heterocycles. The lowest BCUT2D eigenvalue weighted by Crippen LogP contribution is -2.27. The van der Waals surface area contributed by atoms with Gasteiger partial charge in [-0.2, -0.15) is 0 Å². The second kappa shape index (κ2) is 6.02. The fourth-order valence-electron chi connectivity index (χ4n) is 2.59. The Bertz CT molecular complexity index is 618. The Morgan fingerprint density at radius 2 is 2.05 bits per heavy atom. The number of hydrogen-bond acceptors (Lipinski definition) is 4. The number of benzene rings is 1. The van der Waals surface area contributed by atoms with Crippen LogP contribution in [0.4, 0.5) is 5.82 Å². The van der Waals surface area contributed by atoms with Gasteiger partial charge < -0.3 is 5.32 Å². The summed E-state index contributed by atoms with van der Waals surface area (Å²) in [5.41, 5.74) is 2.90. The topological polar surface area (TPSA) is 37.8 Å². The Morgan fingerprint density at radius 1 is 1.25 bits per heavy atom. The molecule has 0 fully saturated rings. The third-order valence-electron chi connectivity index (χ3n) is 3.56. The van der Waals surface area contributed by atoms with E-state index in [0.717, 1.165) is 25.1 Å². The number of anilines is 1. The molecule has 0 aliphatic heterocycles. The Morgan fingerprint density at radius 3 is 2.85 bits per heavy atom. The Balaban J connectivity index is 1.75. The van der Waals surface area contributed by atoms with Gasteiger partial charge in [-0.05, 0) is 36.6 Å². The fraction of sp³-hybridized carbons (Fsp3) is 0.333. The molecule has 1 aromatic carbocycles. The normalized spacial score (nSPS) is 17.6. The lowest BCUT2D eigenvalue weighted by molar-refractivity contribution is 0.607. The highest BCUT2D eigenvalue weighted by atomic mass is 35.5. The van der Waals surface area contributed by atoms with E-state index >= 15 is 0 Å². The standard InChI is InChI=1S/C15H16ClN3S/c1-20-15-18-13(16)9-14(19-15)17-12-7-6-10-4-2-3-5-11(10)8-12/h2-5,9,12H,6-8H2,1H3,(H,17,18,19). The second-order valence-corrected chi connectivity index (χ2v) is 6.08. The van der Waals surface area contributed by atoms with Gasteiger partial charge in [-0.1, -0.05) is 47.6 Å². The summed E-state index contributed by atoms with van der Waals surface area (Å²) >= 11 is 7.52. The van der Waals surface area contributed by atoms with Gasteiger partial charge >= 0.3 is 0 Å². The van der Waals surface area contributed by atoms with E-state index in [4.69, 9.17) is 11.6 Å². The molecular weight excluding hydrogens is 290 g/mol. The van der Waals surface area contributed by atoms with Gasteiger partial charge in [-0.3, -0.25) is 0 Å². The number of halogens is 1. The highest BCUT2D eigenvalue weighted by Crippen LogP contribution is 2.24. The monoisotopic (exact) mass is 305 g/mol. The summed E-state index contributed by atoms with van der Waals surface area (Å²) in [4.78, 5) is 8.62. The average molecular weight is 306 g/mol. The first-order chi connectivity index (χ1) is 9.74. The van der Waals surface area contributed by atoms with Crippen LogP contribution in [0.3, 0.4) is 0 Å². The maximum Gasteiger partial charge on any atom is 0.190 e. The zero-order valence-electron chi connectivity index (χ0n) is 11.3. The molecule has 1 N–H and O–H groups in total. The largest absolute Gasteiger partial charge is 0.367 e. The molecule has 0 saturated heterocycles. The predicted molar refractivity (Wildman–Crippen MR) is 84.7 cm³/mol. The first kappa shape index (κ1) is 13.7. The van der Waals surface area contributed by atoms with Crippen molar-refractivity contribution in [2.24, 2.45) is 0 Å². The van der Waals surface area contributed by atoms with Crippen molar-refractivity contribution in [1.82, 2.24) is 9.97 Å². The van der Waals surface area contributed by atoms with Crippen LogP contribution >= 0.6 is 23.4 Å². The van der Waals surface area contributed by atoms with E-state index in [1.165, 1.54) is 22.9 Å². The van der Waals surface area contributed by atoms with Crippen molar-refractivity contribution in [1.29, 1.82) is 0 Å². The highest BCUT2D eigenvalue weighted by Gasteiger charge is 2.18. The average Bonchev–Trinajstić information content (AvgIpc) is 2.46. The van der Waals surface area contributed by atoms with Crippen molar-refractivity contribution >= 4 is 29.2 Å². The van der Waals surface area contributed by atoms with Crippen molar-refractivity contribution in [3.8, 4) is 0 Å². The number of aryl methyl sites for hydroxylation is 1. The molecule has 2 aromatic rings. The van der Waals surface area contributed by atoms with E-state index in [2.05, 4.69) is 39.6 Å². The number of aromatic nitrogens is 2. The van der Waals surface area contributed by atoms with Crippen molar-refractivity contribution in [2.75, 3.05) is 11.6 Å². The first-order valence-electron chi connectivity index (χ1n) is 6.66. The van der Waals surface area contributed by atoms with Crippen molar-refractivity contribution in [2.45, 2.75) is 30.5 Å². The Kier molecular flexibility index (Phi) is 4.13. The summed E-state index contributed by atoms with van der Waals surface area (Å²) in [6.07, 6.45) is 5.22. The van der Waals surface area contributed by atoms with Crippen molar-refractivity contribution in [3.05, 3.63) is 46.6 Å². The van der Waals surface area contributed by atoms with Crippen molar-refractivity contribution in [3.63, 3.8) is 0 Å². The molecule has 104 valence electrons. The molecule has 20 heavy (non-hydrogen) atoms. The molecule has 0 bridgehead atoms. The maximum absolute atomic E-state index is 6.02. The van der Waals surface area contributed by atoms with E-state index in [0.29, 0.717) is 16.4 Å². The summed E-state index contributed by atoms with van der Waals surface area (Å²) in [5.74, 6) is 0.818. The van der Waals surface area contributed by atoms with Gasteiger partial charge in [0.25, 0.3) is 0 Å².